The van der Waals surface area contributed by atoms with E-state index in [2.05, 4.69) is 52.8 Å². The minimum atomic E-state index is -1.85. The highest BCUT2D eigenvalue weighted by atomic mass is 35.5. The van der Waals surface area contributed by atoms with Gasteiger partial charge >= 0.3 is 6.03 Å². The van der Waals surface area contributed by atoms with E-state index >= 15 is 0 Å². The predicted molar refractivity (Wildman–Crippen MR) is 370 cm³/mol. The Morgan fingerprint density at radius 2 is 0.980 bits per heavy atom. The first kappa shape index (κ1) is 77.3. The molecule has 30 heteroatoms. The third-order valence-corrected chi connectivity index (χ3v) is 16.7. The average Bonchev–Trinajstić information content (AvgIpc) is 1.82. The summed E-state index contributed by atoms with van der Waals surface area (Å²) in [6.45, 7) is 4.07. The molecule has 1 fully saturated rings. The van der Waals surface area contributed by atoms with Crippen LogP contribution in [0.2, 0.25) is 5.02 Å². The second-order valence-electron chi connectivity index (χ2n) is 24.6. The molecule has 0 radical (unpaired) electrons. The average molecular weight is 1390 g/mol. The summed E-state index contributed by atoms with van der Waals surface area (Å²) in [5.74, 6) is -10.0. The van der Waals surface area contributed by atoms with Gasteiger partial charge in [-0.05, 0) is 96.5 Å². The minimum Gasteiger partial charge on any atom is -0.394 e. The summed E-state index contributed by atoms with van der Waals surface area (Å²) in [6.07, 6.45) is -0.756. The second-order valence-corrected chi connectivity index (χ2v) is 25.1. The maximum Gasteiger partial charge on any atom is 0.312 e. The molecule has 1 aliphatic heterocycles. The molecule has 99 heavy (non-hydrogen) atoms. The highest BCUT2D eigenvalue weighted by Crippen LogP contribution is 2.23. The second kappa shape index (κ2) is 38.3. The number of nitrogens with one attached hydrogen (secondary N) is 9. The van der Waals surface area contributed by atoms with E-state index in [4.69, 9.17) is 40.3 Å². The summed E-state index contributed by atoms with van der Waals surface area (Å²) in [4.78, 5) is 172. The van der Waals surface area contributed by atoms with Gasteiger partial charge in [0.15, 0.2) is 5.96 Å². The van der Waals surface area contributed by atoms with Crippen LogP contribution in [0.1, 0.15) is 88.0 Å². The van der Waals surface area contributed by atoms with Crippen LogP contribution >= 0.6 is 11.6 Å². The summed E-state index contributed by atoms with van der Waals surface area (Å²) in [5, 5.41) is 36.3. The van der Waals surface area contributed by atoms with Crippen LogP contribution in [-0.2, 0) is 78.4 Å². The van der Waals surface area contributed by atoms with Crippen LogP contribution < -0.4 is 76.5 Å². The molecule has 0 bridgehead atoms. The SMILES string of the molecule is CC(C)C[C@H](NC(=O)[C@@H](Cc1ccccc1)NC(=O)[C@H](CCC(N)=O)NC(=O)[C@H](CO)NC(=O)[C@@H](Cc1ccccc1)NC(=O)[C@@H](Cc1ccc(Cl)cc1)NC(=O)[C@@H](Cc1cccc2ccccc12)NC(N)=O)C(=O)N[C@@H](CCCN=C(N)N)C(=O)N1CCC[C@H]1C(=O)N[C@H](C)C(N)=O. The standard InChI is InChI=1S/C69H89ClN16O13/c1-39(2)33-50(60(91)79-49(23-13-31-76-68(73)74)67(98)86-32-14-24-56(86)66(97)77-40(3)58(72)89)80-61(92)51(34-41-15-6-4-7-16-41)81-59(90)48(29-30-57(71)88)78-65(96)55(38-87)84-63(94)52(35-42-17-8-5-9-18-42)82-62(93)53(36-43-25-27-46(70)28-26-43)83-64(95)54(85-69(75)99)37-45-21-12-20-44-19-10-11-22-47(44)45/h4-12,15-22,25-28,39-40,48-56,87H,13-14,23-24,29-38H2,1-3H3,(H2,71,88)(H2,72,89)(H,77,97)(H,78,96)(H,79,91)(H,80,92)(H,81,90)(H,82,93)(H,83,95)(H,84,94)(H4,73,74,76)(H3,75,85,99)/t40-,48+,49+,50+,51-,52-,53-,54-,55+,56+/m1/s1. The fourth-order valence-electron chi connectivity index (χ4n) is 11.3. The van der Waals surface area contributed by atoms with Crippen LogP contribution in [0.4, 0.5) is 4.79 Å². The Labute approximate surface area is 578 Å². The Morgan fingerprint density at radius 1 is 0.515 bits per heavy atom. The summed E-state index contributed by atoms with van der Waals surface area (Å²) in [5.41, 5.74) is 29.9. The number of rotatable bonds is 37. The van der Waals surface area contributed by atoms with Gasteiger partial charge in [0.2, 0.25) is 65.0 Å². The Balaban J connectivity index is 1.23. The van der Waals surface area contributed by atoms with Crippen LogP contribution in [-0.4, -0.2) is 167 Å². The number of likely N-dealkylation sites (tertiary alicyclic amines) is 1. The number of hydrogen-bond acceptors (Lipinski definition) is 14. The predicted octanol–water partition coefficient (Wildman–Crippen LogP) is -0.467. The molecule has 1 aliphatic rings. The van der Waals surface area contributed by atoms with E-state index in [1.165, 1.54) is 11.8 Å². The number of fused-ring (bicyclic) bond motifs is 1. The first-order valence-electron chi connectivity index (χ1n) is 32.5. The Morgan fingerprint density at radius 3 is 1.51 bits per heavy atom. The van der Waals surface area contributed by atoms with Crippen molar-refractivity contribution in [2.24, 2.45) is 39.6 Å². The monoisotopic (exact) mass is 1380 g/mol. The van der Waals surface area contributed by atoms with Gasteiger partial charge in [-0.2, -0.15) is 0 Å². The van der Waals surface area contributed by atoms with Crippen molar-refractivity contribution in [2.45, 2.75) is 152 Å². The van der Waals surface area contributed by atoms with Crippen molar-refractivity contribution in [3.05, 3.63) is 155 Å². The van der Waals surface area contributed by atoms with Gasteiger partial charge in [0.05, 0.1) is 6.61 Å². The van der Waals surface area contributed by atoms with Gasteiger partial charge in [0, 0.05) is 50.2 Å². The summed E-state index contributed by atoms with van der Waals surface area (Å²) in [7, 11) is 0. The maximum atomic E-state index is 14.8. The number of halogens is 1. The van der Waals surface area contributed by atoms with Crippen molar-refractivity contribution in [3.63, 3.8) is 0 Å². The van der Waals surface area contributed by atoms with E-state index in [1.54, 1.807) is 111 Å². The molecule has 5 aromatic carbocycles. The quantitative estimate of drug-likeness (QED) is 0.0136. The third kappa shape index (κ3) is 24.7. The zero-order valence-corrected chi connectivity index (χ0v) is 56.1. The molecule has 13 amide bonds. The number of nitrogens with two attached hydrogens (primary N) is 5. The largest absolute Gasteiger partial charge is 0.394 e. The molecule has 0 unspecified atom stereocenters. The lowest BCUT2D eigenvalue weighted by molar-refractivity contribution is -0.142. The molecule has 1 saturated heterocycles. The fraction of sp³-hybridized carbons (Fsp3) is 0.406. The van der Waals surface area contributed by atoms with E-state index in [-0.39, 0.29) is 76.3 Å². The van der Waals surface area contributed by atoms with Gasteiger partial charge < -0.3 is 86.5 Å². The van der Waals surface area contributed by atoms with E-state index < -0.39 is 151 Å². The van der Waals surface area contributed by atoms with Crippen LogP contribution in [0.3, 0.4) is 0 Å². The van der Waals surface area contributed by atoms with E-state index in [9.17, 15) is 62.6 Å². The number of urea groups is 1. The molecule has 5 aromatic rings. The summed E-state index contributed by atoms with van der Waals surface area (Å²) in [6, 6.07) is 21.1. The van der Waals surface area contributed by atoms with E-state index in [0.717, 1.165) is 10.8 Å². The molecule has 0 saturated carbocycles. The van der Waals surface area contributed by atoms with Crippen LogP contribution in [0, 0.1) is 5.92 Å². The fourth-order valence-corrected chi connectivity index (χ4v) is 11.4. The number of benzene rings is 5. The number of guanidine groups is 1. The molecule has 0 aromatic heterocycles. The maximum absolute atomic E-state index is 14.8. The highest BCUT2D eigenvalue weighted by Gasteiger charge is 2.40. The lowest BCUT2D eigenvalue weighted by Gasteiger charge is -2.31. The number of primary amides is 3. The molecule has 29 nitrogen and oxygen atoms in total. The number of aliphatic hydroxyl groups excluding tert-OH is 1. The summed E-state index contributed by atoms with van der Waals surface area (Å²) >= 11 is 6.21. The van der Waals surface area contributed by atoms with Crippen molar-refractivity contribution in [2.75, 3.05) is 19.7 Å². The number of aliphatic imine (C=N–C) groups is 1. The number of carbonyl (C=O) groups is 12. The van der Waals surface area contributed by atoms with Crippen molar-refractivity contribution in [1.82, 2.24) is 52.8 Å². The third-order valence-electron chi connectivity index (χ3n) is 16.4. The van der Waals surface area contributed by atoms with Crippen molar-refractivity contribution < 1.29 is 62.6 Å². The normalized spacial score (nSPS) is 15.3. The molecule has 530 valence electrons. The van der Waals surface area contributed by atoms with Crippen LogP contribution in [0.5, 0.6) is 0 Å². The van der Waals surface area contributed by atoms with Gasteiger partial charge in [-0.25, -0.2) is 4.79 Å². The number of aliphatic hydroxyl groups is 1. The van der Waals surface area contributed by atoms with Crippen molar-refractivity contribution >= 4 is 99.3 Å². The Bertz CT molecular complexity index is 3670. The number of amides is 13. The van der Waals surface area contributed by atoms with Crippen molar-refractivity contribution in [3.8, 4) is 0 Å². The first-order valence-corrected chi connectivity index (χ1v) is 32.9. The van der Waals surface area contributed by atoms with Gasteiger partial charge in [-0.15, -0.1) is 0 Å². The molecule has 10 atom stereocenters. The lowest BCUT2D eigenvalue weighted by atomic mass is 9.97. The van der Waals surface area contributed by atoms with E-state index in [1.807, 2.05) is 30.3 Å². The molecule has 0 aliphatic carbocycles. The molecule has 0 spiro atoms. The van der Waals surface area contributed by atoms with Crippen LogP contribution in [0.25, 0.3) is 10.8 Å². The first-order chi connectivity index (χ1) is 47.2. The molecular formula is C69H89ClN16O13. The zero-order valence-electron chi connectivity index (χ0n) is 55.4. The number of nitrogens with zero attached hydrogens (tertiary/aromatic N) is 2. The molecule has 20 N–H and O–H groups in total. The van der Waals surface area contributed by atoms with Crippen LogP contribution in [0.15, 0.2) is 132 Å². The smallest absolute Gasteiger partial charge is 0.312 e. The number of hydrogen-bond donors (Lipinski definition) is 15. The van der Waals surface area contributed by atoms with Gasteiger partial charge in [0.25, 0.3) is 0 Å². The summed E-state index contributed by atoms with van der Waals surface area (Å²) < 4.78 is 0. The van der Waals surface area contributed by atoms with E-state index in [0.29, 0.717) is 33.7 Å². The van der Waals surface area contributed by atoms with Gasteiger partial charge in [-0.1, -0.05) is 141 Å². The molecule has 1 heterocycles. The lowest BCUT2D eigenvalue weighted by Crippen LogP contribution is -2.61. The Kier molecular flexibility index (Phi) is 29.9. The van der Waals surface area contributed by atoms with Gasteiger partial charge in [-0.3, -0.25) is 57.7 Å². The van der Waals surface area contributed by atoms with Crippen molar-refractivity contribution in [1.29, 1.82) is 0 Å². The van der Waals surface area contributed by atoms with Gasteiger partial charge in [0.1, 0.15) is 60.4 Å². The minimum absolute atomic E-state index is 0.00393. The zero-order chi connectivity index (χ0) is 72.3. The molecule has 6 rings (SSSR count). The number of carbonyl (C=O) groups excluding carboxylic acids is 12. The highest BCUT2D eigenvalue weighted by molar-refractivity contribution is 6.30. The Hall–Kier alpha value is -10.7. The topological polar surface area (TPSA) is 479 Å². The molecular weight excluding hydrogens is 1300 g/mol.